The Morgan fingerprint density at radius 1 is 1.12 bits per heavy atom. The van der Waals surface area contributed by atoms with Gasteiger partial charge in [0.25, 0.3) is 0 Å². The third-order valence-electron chi connectivity index (χ3n) is 4.49. The summed E-state index contributed by atoms with van der Waals surface area (Å²) in [6, 6.07) is 19.9. The van der Waals surface area contributed by atoms with E-state index in [-0.39, 0.29) is 18.4 Å². The average molecular weight is 348 g/mol. The molecule has 26 heavy (non-hydrogen) atoms. The molecule has 1 amide bonds. The minimum absolute atomic E-state index is 0.00737. The first-order valence-electron chi connectivity index (χ1n) is 8.73. The number of nitrogens with zero attached hydrogens (tertiary/aromatic N) is 3. The van der Waals surface area contributed by atoms with E-state index in [1.807, 2.05) is 54.7 Å². The van der Waals surface area contributed by atoms with Crippen molar-refractivity contribution in [1.82, 2.24) is 14.5 Å². The third-order valence-corrected chi connectivity index (χ3v) is 4.49. The first-order valence-corrected chi connectivity index (χ1v) is 8.73. The van der Waals surface area contributed by atoms with Crippen molar-refractivity contribution < 1.29 is 4.79 Å². The molecule has 3 rings (SSSR count). The number of carbonyl (C=O) groups is 1. The highest BCUT2D eigenvalue weighted by Gasteiger charge is 2.23. The van der Waals surface area contributed by atoms with E-state index in [0.29, 0.717) is 6.54 Å². The predicted octanol–water partition coefficient (Wildman–Crippen LogP) is 2.63. The van der Waals surface area contributed by atoms with Crippen LogP contribution in [0.2, 0.25) is 0 Å². The number of imidazole rings is 1. The summed E-state index contributed by atoms with van der Waals surface area (Å²) in [5.41, 5.74) is 8.02. The van der Waals surface area contributed by atoms with Crippen LogP contribution in [0.5, 0.6) is 0 Å². The molecule has 0 unspecified atom stereocenters. The van der Waals surface area contributed by atoms with E-state index in [9.17, 15) is 4.79 Å². The van der Waals surface area contributed by atoms with E-state index < -0.39 is 0 Å². The van der Waals surface area contributed by atoms with Gasteiger partial charge in [0, 0.05) is 32.5 Å². The lowest BCUT2D eigenvalue weighted by Crippen LogP contribution is -2.35. The fourth-order valence-electron chi connectivity index (χ4n) is 3.04. The molecule has 0 saturated heterocycles. The molecular formula is C21H24N4O. The van der Waals surface area contributed by atoms with Gasteiger partial charge in [0.05, 0.1) is 12.5 Å². The van der Waals surface area contributed by atoms with Crippen LogP contribution < -0.4 is 5.73 Å². The Labute approximate surface area is 154 Å². The van der Waals surface area contributed by atoms with Gasteiger partial charge in [-0.2, -0.15) is 0 Å². The molecule has 0 radical (unpaired) electrons. The Balaban J connectivity index is 1.71. The second kappa shape index (κ2) is 8.45. The lowest BCUT2D eigenvalue weighted by molar-refractivity contribution is -0.131. The summed E-state index contributed by atoms with van der Waals surface area (Å²) < 4.78 is 2.07. The van der Waals surface area contributed by atoms with Crippen LogP contribution in [-0.4, -0.2) is 34.0 Å². The number of hydrogen-bond acceptors (Lipinski definition) is 3. The molecule has 5 heteroatoms. The maximum absolute atomic E-state index is 12.9. The highest BCUT2D eigenvalue weighted by atomic mass is 16.2. The number of hydrogen-bond donors (Lipinski definition) is 1. The van der Waals surface area contributed by atoms with Gasteiger partial charge in [-0.15, -0.1) is 0 Å². The molecule has 3 aromatic rings. The molecule has 2 aromatic carbocycles. The molecule has 0 aliphatic heterocycles. The van der Waals surface area contributed by atoms with Crippen LogP contribution in [0.25, 0.3) is 0 Å². The Hall–Kier alpha value is -2.92. The standard InChI is InChI=1S/C21H24N4O/c1-24(21(26)19(14-22)18-10-6-3-7-11-18)16-20-23-12-13-25(20)15-17-8-4-2-5-9-17/h2-13,19H,14-16,22H2,1H3/t19-/m0/s1. The minimum Gasteiger partial charge on any atom is -0.338 e. The molecule has 1 atom stereocenters. The summed E-state index contributed by atoms with van der Waals surface area (Å²) in [6.45, 7) is 1.46. The zero-order valence-electron chi connectivity index (χ0n) is 15.0. The molecule has 0 aliphatic rings. The minimum atomic E-state index is -0.335. The second-order valence-corrected chi connectivity index (χ2v) is 6.35. The molecule has 5 nitrogen and oxygen atoms in total. The molecule has 134 valence electrons. The molecule has 0 aliphatic carbocycles. The van der Waals surface area contributed by atoms with Crippen molar-refractivity contribution in [1.29, 1.82) is 0 Å². The van der Waals surface area contributed by atoms with E-state index in [0.717, 1.165) is 17.9 Å². The maximum Gasteiger partial charge on any atom is 0.231 e. The largest absolute Gasteiger partial charge is 0.338 e. The first-order chi connectivity index (χ1) is 12.7. The first kappa shape index (κ1) is 17.9. The van der Waals surface area contributed by atoms with Gasteiger partial charge < -0.3 is 15.2 Å². The molecular weight excluding hydrogens is 324 g/mol. The number of carbonyl (C=O) groups excluding carboxylic acids is 1. The molecule has 0 spiro atoms. The Morgan fingerprint density at radius 2 is 1.77 bits per heavy atom. The third kappa shape index (κ3) is 4.18. The highest BCUT2D eigenvalue weighted by molar-refractivity contribution is 5.83. The fourth-order valence-corrected chi connectivity index (χ4v) is 3.04. The van der Waals surface area contributed by atoms with Gasteiger partial charge in [-0.1, -0.05) is 60.7 Å². The van der Waals surface area contributed by atoms with Crippen LogP contribution in [0.1, 0.15) is 22.9 Å². The normalized spacial score (nSPS) is 11.9. The Kier molecular flexibility index (Phi) is 5.81. The van der Waals surface area contributed by atoms with Crippen LogP contribution in [-0.2, 0) is 17.9 Å². The predicted molar refractivity (Wildman–Crippen MR) is 102 cm³/mol. The number of nitrogens with two attached hydrogens (primary N) is 1. The van der Waals surface area contributed by atoms with Gasteiger partial charge in [0.2, 0.25) is 5.91 Å². The van der Waals surface area contributed by atoms with Gasteiger partial charge in [0.1, 0.15) is 5.82 Å². The topological polar surface area (TPSA) is 64.2 Å². The van der Waals surface area contributed by atoms with Crippen molar-refractivity contribution in [3.63, 3.8) is 0 Å². The van der Waals surface area contributed by atoms with Gasteiger partial charge in [0.15, 0.2) is 0 Å². The van der Waals surface area contributed by atoms with Gasteiger partial charge in [-0.05, 0) is 11.1 Å². The zero-order chi connectivity index (χ0) is 18.4. The average Bonchev–Trinajstić information content (AvgIpc) is 3.10. The summed E-state index contributed by atoms with van der Waals surface area (Å²) in [5.74, 6) is 0.528. The van der Waals surface area contributed by atoms with Crippen LogP contribution in [0.3, 0.4) is 0 Å². The van der Waals surface area contributed by atoms with E-state index in [1.54, 1.807) is 18.1 Å². The van der Waals surface area contributed by atoms with Gasteiger partial charge in [-0.3, -0.25) is 4.79 Å². The Morgan fingerprint density at radius 3 is 2.42 bits per heavy atom. The number of aromatic nitrogens is 2. The van der Waals surface area contributed by atoms with Crippen LogP contribution in [0.15, 0.2) is 73.1 Å². The number of likely N-dealkylation sites (N-methyl/N-ethyl adjacent to an activating group) is 1. The molecule has 0 bridgehead atoms. The van der Waals surface area contributed by atoms with Gasteiger partial charge in [-0.25, -0.2) is 4.98 Å². The monoisotopic (exact) mass is 348 g/mol. The van der Waals surface area contributed by atoms with Crippen molar-refractivity contribution in [2.45, 2.75) is 19.0 Å². The van der Waals surface area contributed by atoms with Crippen molar-refractivity contribution >= 4 is 5.91 Å². The number of rotatable bonds is 7. The summed E-state index contributed by atoms with van der Waals surface area (Å²) in [6.07, 6.45) is 3.71. The van der Waals surface area contributed by atoms with Crippen molar-refractivity contribution in [2.24, 2.45) is 5.73 Å². The molecule has 2 N–H and O–H groups in total. The van der Waals surface area contributed by atoms with Crippen molar-refractivity contribution in [3.8, 4) is 0 Å². The smallest absolute Gasteiger partial charge is 0.231 e. The molecule has 0 saturated carbocycles. The van der Waals surface area contributed by atoms with E-state index in [4.69, 9.17) is 5.73 Å². The summed E-state index contributed by atoms with van der Waals surface area (Å²) >= 11 is 0. The lowest BCUT2D eigenvalue weighted by Gasteiger charge is -2.23. The second-order valence-electron chi connectivity index (χ2n) is 6.35. The zero-order valence-corrected chi connectivity index (χ0v) is 15.0. The lowest BCUT2D eigenvalue weighted by atomic mass is 9.98. The molecule has 1 aromatic heterocycles. The molecule has 0 fully saturated rings. The van der Waals surface area contributed by atoms with Crippen molar-refractivity contribution in [3.05, 3.63) is 90.0 Å². The quantitative estimate of drug-likeness (QED) is 0.714. The summed E-state index contributed by atoms with van der Waals surface area (Å²) in [7, 11) is 1.80. The van der Waals surface area contributed by atoms with E-state index >= 15 is 0 Å². The SMILES string of the molecule is CN(Cc1nccn1Cc1ccccc1)C(=O)[C@@H](CN)c1ccccc1. The van der Waals surface area contributed by atoms with Crippen LogP contribution in [0.4, 0.5) is 0 Å². The van der Waals surface area contributed by atoms with Gasteiger partial charge >= 0.3 is 0 Å². The maximum atomic E-state index is 12.9. The number of amides is 1. The van der Waals surface area contributed by atoms with E-state index in [1.165, 1.54) is 5.56 Å². The fraction of sp³-hybridized carbons (Fsp3) is 0.238. The van der Waals surface area contributed by atoms with Crippen LogP contribution in [0, 0.1) is 0 Å². The number of benzene rings is 2. The summed E-state index contributed by atoms with van der Waals surface area (Å²) in [4.78, 5) is 19.0. The van der Waals surface area contributed by atoms with E-state index in [2.05, 4.69) is 21.7 Å². The van der Waals surface area contributed by atoms with Crippen LogP contribution >= 0.6 is 0 Å². The molecule has 1 heterocycles. The highest BCUT2D eigenvalue weighted by Crippen LogP contribution is 2.18. The van der Waals surface area contributed by atoms with Crippen molar-refractivity contribution in [2.75, 3.05) is 13.6 Å². The summed E-state index contributed by atoms with van der Waals surface area (Å²) in [5, 5.41) is 0. The Bertz CT molecular complexity index is 829.